The number of benzene rings is 2. The third-order valence-corrected chi connectivity index (χ3v) is 5.02. The van der Waals surface area contributed by atoms with Crippen molar-refractivity contribution in [3.05, 3.63) is 59.8 Å². The zero-order valence-electron chi connectivity index (χ0n) is 17.2. The van der Waals surface area contributed by atoms with Crippen molar-refractivity contribution in [3.8, 4) is 11.5 Å². The predicted molar refractivity (Wildman–Crippen MR) is 116 cm³/mol. The second-order valence-electron chi connectivity index (χ2n) is 7.34. The normalized spacial score (nSPS) is 15.3. The van der Waals surface area contributed by atoms with Crippen LogP contribution >= 0.6 is 0 Å². The van der Waals surface area contributed by atoms with Crippen molar-refractivity contribution in [2.24, 2.45) is 5.92 Å². The summed E-state index contributed by atoms with van der Waals surface area (Å²) in [4.78, 5) is 22.1. The van der Waals surface area contributed by atoms with E-state index in [0.717, 1.165) is 29.2 Å². The number of methoxy groups -OCH3 is 2. The largest absolute Gasteiger partial charge is 0.497 e. The van der Waals surface area contributed by atoms with Gasteiger partial charge in [-0.25, -0.2) is 4.98 Å². The molecular weight excluding hydrogens is 380 g/mol. The molecule has 154 valence electrons. The summed E-state index contributed by atoms with van der Waals surface area (Å²) in [7, 11) is 3.23. The summed E-state index contributed by atoms with van der Waals surface area (Å²) in [5.74, 6) is 2.59. The molecule has 0 saturated carbocycles. The standard InChI is InChI=1S/C23H24N4O3/c1-14-11-18-21(19(28)12-14)22(25-17-9-4-5-10-20(17)30-3)27-23(26-18)24-15-7-6-8-16(13-15)29-2/h4-10,13-14H,11-12H2,1-3H3,(H2,24,25,26,27). The smallest absolute Gasteiger partial charge is 0.229 e. The topological polar surface area (TPSA) is 85.4 Å². The summed E-state index contributed by atoms with van der Waals surface area (Å²) in [5.41, 5.74) is 2.83. The molecule has 4 rings (SSSR count). The van der Waals surface area contributed by atoms with Crippen LogP contribution in [0, 0.1) is 5.92 Å². The molecule has 1 unspecified atom stereocenters. The lowest BCUT2D eigenvalue weighted by Gasteiger charge is -2.23. The molecule has 30 heavy (non-hydrogen) atoms. The van der Waals surface area contributed by atoms with Gasteiger partial charge in [0.15, 0.2) is 5.78 Å². The Morgan fingerprint density at radius 3 is 2.60 bits per heavy atom. The van der Waals surface area contributed by atoms with Crippen LogP contribution in [-0.2, 0) is 6.42 Å². The van der Waals surface area contributed by atoms with Gasteiger partial charge < -0.3 is 20.1 Å². The quantitative estimate of drug-likeness (QED) is 0.613. The minimum Gasteiger partial charge on any atom is -0.497 e. The molecule has 0 fully saturated rings. The van der Waals surface area contributed by atoms with Crippen LogP contribution in [0.5, 0.6) is 11.5 Å². The van der Waals surface area contributed by atoms with Gasteiger partial charge in [0.05, 0.1) is 31.2 Å². The van der Waals surface area contributed by atoms with E-state index < -0.39 is 0 Å². The van der Waals surface area contributed by atoms with Crippen LogP contribution in [0.1, 0.15) is 29.4 Å². The second kappa shape index (κ2) is 8.41. The number of fused-ring (bicyclic) bond motifs is 1. The summed E-state index contributed by atoms with van der Waals surface area (Å²) in [6.45, 7) is 2.06. The van der Waals surface area contributed by atoms with Crippen molar-refractivity contribution in [1.82, 2.24) is 9.97 Å². The van der Waals surface area contributed by atoms with Gasteiger partial charge in [-0.1, -0.05) is 25.1 Å². The van der Waals surface area contributed by atoms with Gasteiger partial charge in [-0.2, -0.15) is 4.98 Å². The van der Waals surface area contributed by atoms with Gasteiger partial charge >= 0.3 is 0 Å². The maximum atomic E-state index is 12.8. The van der Waals surface area contributed by atoms with Crippen molar-refractivity contribution in [3.63, 3.8) is 0 Å². The van der Waals surface area contributed by atoms with E-state index in [0.29, 0.717) is 29.5 Å². The number of anilines is 4. The number of ether oxygens (including phenoxy) is 2. The molecule has 0 radical (unpaired) electrons. The van der Waals surface area contributed by atoms with Crippen LogP contribution in [0.15, 0.2) is 48.5 Å². The summed E-state index contributed by atoms with van der Waals surface area (Å²) in [6, 6.07) is 15.1. The molecular formula is C23H24N4O3. The van der Waals surface area contributed by atoms with E-state index in [4.69, 9.17) is 9.47 Å². The van der Waals surface area contributed by atoms with Gasteiger partial charge in [0, 0.05) is 18.2 Å². The van der Waals surface area contributed by atoms with Crippen LogP contribution in [0.25, 0.3) is 0 Å². The number of aromatic nitrogens is 2. The number of para-hydroxylation sites is 2. The van der Waals surface area contributed by atoms with Gasteiger partial charge in [0.25, 0.3) is 0 Å². The molecule has 0 saturated heterocycles. The number of hydrogen-bond acceptors (Lipinski definition) is 7. The first-order valence-corrected chi connectivity index (χ1v) is 9.82. The summed E-state index contributed by atoms with van der Waals surface area (Å²) < 4.78 is 10.7. The van der Waals surface area contributed by atoms with Crippen molar-refractivity contribution in [2.45, 2.75) is 19.8 Å². The van der Waals surface area contributed by atoms with Crippen LogP contribution in [0.2, 0.25) is 0 Å². The second-order valence-corrected chi connectivity index (χ2v) is 7.34. The fraction of sp³-hybridized carbons (Fsp3) is 0.261. The molecule has 1 atom stereocenters. The van der Waals surface area contributed by atoms with Gasteiger partial charge in [-0.15, -0.1) is 0 Å². The van der Waals surface area contributed by atoms with E-state index in [2.05, 4.69) is 27.5 Å². The molecule has 2 aromatic carbocycles. The zero-order chi connectivity index (χ0) is 21.1. The Balaban J connectivity index is 1.76. The number of Topliss-reactive ketones (excluding diaryl/α,β-unsaturated/α-hetero) is 1. The molecule has 3 aromatic rings. The molecule has 7 heteroatoms. The van der Waals surface area contributed by atoms with Crippen LogP contribution in [-0.4, -0.2) is 30.0 Å². The molecule has 1 aliphatic rings. The first-order chi connectivity index (χ1) is 14.6. The molecule has 0 amide bonds. The van der Waals surface area contributed by atoms with Crippen LogP contribution in [0.4, 0.5) is 23.1 Å². The molecule has 7 nitrogen and oxygen atoms in total. The first-order valence-electron chi connectivity index (χ1n) is 9.82. The molecule has 1 aromatic heterocycles. The van der Waals surface area contributed by atoms with E-state index in [-0.39, 0.29) is 11.7 Å². The molecule has 1 aliphatic carbocycles. The highest BCUT2D eigenvalue weighted by Crippen LogP contribution is 2.34. The third-order valence-electron chi connectivity index (χ3n) is 5.02. The third kappa shape index (κ3) is 4.05. The number of carbonyl (C=O) groups is 1. The number of carbonyl (C=O) groups excluding carboxylic acids is 1. The van der Waals surface area contributed by atoms with Gasteiger partial charge in [0.1, 0.15) is 17.3 Å². The molecule has 0 bridgehead atoms. The molecule has 0 spiro atoms. The molecule has 2 N–H and O–H groups in total. The lowest BCUT2D eigenvalue weighted by atomic mass is 9.87. The number of nitrogens with zero attached hydrogens (tertiary/aromatic N) is 2. The zero-order valence-corrected chi connectivity index (χ0v) is 17.2. The number of ketones is 1. The van der Waals surface area contributed by atoms with Gasteiger partial charge in [-0.3, -0.25) is 4.79 Å². The van der Waals surface area contributed by atoms with Gasteiger partial charge in [-0.05, 0) is 36.6 Å². The SMILES string of the molecule is COc1cccc(Nc2nc3c(c(Nc4ccccc4OC)n2)C(=O)CC(C)C3)c1. The lowest BCUT2D eigenvalue weighted by Crippen LogP contribution is -2.22. The van der Waals surface area contributed by atoms with E-state index in [1.54, 1.807) is 14.2 Å². The number of hydrogen-bond donors (Lipinski definition) is 2. The van der Waals surface area contributed by atoms with Crippen molar-refractivity contribution < 1.29 is 14.3 Å². The summed E-state index contributed by atoms with van der Waals surface area (Å²) in [5, 5.41) is 6.51. The monoisotopic (exact) mass is 404 g/mol. The minimum absolute atomic E-state index is 0.0501. The van der Waals surface area contributed by atoms with E-state index in [1.807, 2.05) is 48.5 Å². The van der Waals surface area contributed by atoms with Crippen molar-refractivity contribution in [1.29, 1.82) is 0 Å². The van der Waals surface area contributed by atoms with Crippen LogP contribution in [0.3, 0.4) is 0 Å². The maximum Gasteiger partial charge on any atom is 0.229 e. The van der Waals surface area contributed by atoms with Gasteiger partial charge in [0.2, 0.25) is 5.95 Å². The Morgan fingerprint density at radius 2 is 1.80 bits per heavy atom. The van der Waals surface area contributed by atoms with Crippen LogP contribution < -0.4 is 20.1 Å². The van der Waals surface area contributed by atoms with E-state index in [1.165, 1.54) is 0 Å². The van der Waals surface area contributed by atoms with E-state index >= 15 is 0 Å². The van der Waals surface area contributed by atoms with Crippen molar-refractivity contribution >= 4 is 28.9 Å². The number of nitrogens with one attached hydrogen (secondary N) is 2. The summed E-state index contributed by atoms with van der Waals surface area (Å²) in [6.07, 6.45) is 1.20. The molecule has 0 aliphatic heterocycles. The highest BCUT2D eigenvalue weighted by Gasteiger charge is 2.28. The fourth-order valence-electron chi connectivity index (χ4n) is 3.62. The maximum absolute atomic E-state index is 12.8. The van der Waals surface area contributed by atoms with Crippen molar-refractivity contribution in [2.75, 3.05) is 24.9 Å². The Bertz CT molecular complexity index is 1080. The highest BCUT2D eigenvalue weighted by molar-refractivity contribution is 6.03. The Labute approximate surface area is 175 Å². The lowest BCUT2D eigenvalue weighted by molar-refractivity contribution is 0.0952. The Kier molecular flexibility index (Phi) is 5.52. The Morgan fingerprint density at radius 1 is 0.967 bits per heavy atom. The predicted octanol–water partition coefficient (Wildman–Crippen LogP) is 4.75. The highest BCUT2D eigenvalue weighted by atomic mass is 16.5. The van der Waals surface area contributed by atoms with E-state index in [9.17, 15) is 4.79 Å². The molecule has 1 heterocycles. The average molecular weight is 404 g/mol. The fourth-order valence-corrected chi connectivity index (χ4v) is 3.62. The Hall–Kier alpha value is -3.61. The first kappa shape index (κ1) is 19.7. The summed E-state index contributed by atoms with van der Waals surface area (Å²) >= 11 is 0. The number of rotatable bonds is 6. The minimum atomic E-state index is 0.0501. The average Bonchev–Trinajstić information content (AvgIpc) is 2.73.